The summed E-state index contributed by atoms with van der Waals surface area (Å²) in [5.41, 5.74) is 8.08. The number of hydrogen-bond acceptors (Lipinski definition) is 6. The van der Waals surface area contributed by atoms with Crippen molar-refractivity contribution in [2.75, 3.05) is 0 Å². The Bertz CT molecular complexity index is 1490. The van der Waals surface area contributed by atoms with Gasteiger partial charge in [0.15, 0.2) is 0 Å². The van der Waals surface area contributed by atoms with Gasteiger partial charge in [-0.15, -0.1) is 0 Å². The van der Waals surface area contributed by atoms with Crippen LogP contribution in [0.5, 0.6) is 0 Å². The third kappa shape index (κ3) is 6.53. The summed E-state index contributed by atoms with van der Waals surface area (Å²) in [7, 11) is 0. The van der Waals surface area contributed by atoms with Gasteiger partial charge in [0.1, 0.15) is 0 Å². The van der Waals surface area contributed by atoms with Crippen LogP contribution in [0.25, 0.3) is 0 Å². The lowest BCUT2D eigenvalue weighted by molar-refractivity contribution is -0.138. The first kappa shape index (κ1) is 31.6. The molecule has 0 bridgehead atoms. The Kier molecular flexibility index (Phi) is 9.47. The number of rotatable bonds is 14. The fourth-order valence-corrected chi connectivity index (χ4v) is 6.56. The van der Waals surface area contributed by atoms with Crippen molar-refractivity contribution in [1.82, 2.24) is 10.6 Å². The fourth-order valence-electron chi connectivity index (χ4n) is 6.56. The summed E-state index contributed by atoms with van der Waals surface area (Å²) >= 11 is 0. The minimum atomic E-state index is -0.894. The first-order valence-corrected chi connectivity index (χ1v) is 14.6. The summed E-state index contributed by atoms with van der Waals surface area (Å²) in [5.74, 6) is -2.50. The summed E-state index contributed by atoms with van der Waals surface area (Å²) in [5, 5.41) is 24.9. The van der Waals surface area contributed by atoms with E-state index in [1.807, 2.05) is 20.8 Å². The van der Waals surface area contributed by atoms with Crippen LogP contribution < -0.4 is 10.6 Å². The Morgan fingerprint density at radius 1 is 0.767 bits per heavy atom. The van der Waals surface area contributed by atoms with Crippen molar-refractivity contribution < 1.29 is 29.4 Å². The maximum Gasteiger partial charge on any atom is 0.303 e. The molecule has 0 aromatic carbocycles. The average Bonchev–Trinajstić information content (AvgIpc) is 3.59. The maximum absolute atomic E-state index is 12.4. The van der Waals surface area contributed by atoms with Crippen LogP contribution in [0.4, 0.5) is 0 Å². The molecule has 0 aliphatic carbocycles. The molecule has 4 aliphatic rings. The molecule has 4 atom stereocenters. The van der Waals surface area contributed by atoms with Gasteiger partial charge in [0.2, 0.25) is 5.91 Å². The summed E-state index contributed by atoms with van der Waals surface area (Å²) in [6.07, 6.45) is 5.25. The van der Waals surface area contributed by atoms with E-state index in [4.69, 9.17) is 9.98 Å². The Labute approximate surface area is 251 Å². The summed E-state index contributed by atoms with van der Waals surface area (Å²) in [6.45, 7) is 15.2. The lowest BCUT2D eigenvalue weighted by Crippen LogP contribution is -2.28. The van der Waals surface area contributed by atoms with Gasteiger partial charge in [0.05, 0.1) is 12.1 Å². The van der Waals surface area contributed by atoms with Crippen molar-refractivity contribution in [3.05, 3.63) is 70.1 Å². The molecule has 4 N–H and O–H groups in total. The van der Waals surface area contributed by atoms with E-state index in [1.165, 1.54) is 0 Å². The second-order valence-electron chi connectivity index (χ2n) is 11.7. The lowest BCUT2D eigenvalue weighted by Gasteiger charge is -2.19. The number of amides is 2. The van der Waals surface area contributed by atoms with Crippen molar-refractivity contribution in [3.8, 4) is 0 Å². The molecule has 4 heterocycles. The molecular weight excluding hydrogens is 548 g/mol. The van der Waals surface area contributed by atoms with E-state index >= 15 is 0 Å². The molecule has 4 unspecified atom stereocenters. The summed E-state index contributed by atoms with van der Waals surface area (Å²) < 4.78 is 0. The van der Waals surface area contributed by atoms with Gasteiger partial charge in [0.25, 0.3) is 5.91 Å². The monoisotopic (exact) mass is 588 g/mol. The van der Waals surface area contributed by atoms with Crippen LogP contribution >= 0.6 is 0 Å². The Morgan fingerprint density at radius 2 is 1.26 bits per heavy atom. The van der Waals surface area contributed by atoms with Gasteiger partial charge >= 0.3 is 11.9 Å². The van der Waals surface area contributed by atoms with Gasteiger partial charge in [0, 0.05) is 77.9 Å². The van der Waals surface area contributed by atoms with Crippen LogP contribution in [0.1, 0.15) is 72.6 Å². The molecular formula is C33H40N4O6. The predicted octanol–water partition coefficient (Wildman–Crippen LogP) is 4.58. The van der Waals surface area contributed by atoms with Crippen molar-refractivity contribution in [2.24, 2.45) is 21.8 Å². The standard InChI is InChI=1S/C33H40N4O6/c1-7-20-19(6)32(42)37-27(20)14-25-18(5)23(10-12-31(40)41)29(35-25)15-28-22(9-11-30(38)39)17(4)24(34-28)13-26-16(3)21(8-2)33(43)36-26/h7-8,22-23,26-27H,1-2,9-15H2,3-6H3,(H,36,43)(H,37,42)(H,38,39)(H,40,41). The van der Waals surface area contributed by atoms with E-state index < -0.39 is 11.9 Å². The number of aliphatic carboxylic acids is 2. The molecule has 0 aromatic heterocycles. The summed E-state index contributed by atoms with van der Waals surface area (Å²) in [4.78, 5) is 57.8. The Morgan fingerprint density at radius 3 is 1.70 bits per heavy atom. The number of carboxylic acid groups (broad SMARTS) is 2. The minimum absolute atomic E-state index is 0.0249. The van der Waals surface area contributed by atoms with Crippen LogP contribution in [-0.4, -0.2) is 57.5 Å². The third-order valence-corrected chi connectivity index (χ3v) is 9.14. The van der Waals surface area contributed by atoms with E-state index in [0.717, 1.165) is 45.1 Å². The summed E-state index contributed by atoms with van der Waals surface area (Å²) in [6, 6.07) is -0.493. The van der Waals surface area contributed by atoms with Crippen LogP contribution in [-0.2, 0) is 19.2 Å². The molecule has 228 valence electrons. The minimum Gasteiger partial charge on any atom is -0.481 e. The topological polar surface area (TPSA) is 158 Å². The Balaban J connectivity index is 1.63. The van der Waals surface area contributed by atoms with E-state index in [2.05, 4.69) is 23.8 Å². The molecule has 10 heteroatoms. The van der Waals surface area contributed by atoms with Gasteiger partial charge in [-0.05, 0) is 62.8 Å². The highest BCUT2D eigenvalue weighted by Crippen LogP contribution is 2.39. The quantitative estimate of drug-likeness (QED) is 0.233. The number of carboxylic acids is 2. The predicted molar refractivity (Wildman–Crippen MR) is 164 cm³/mol. The van der Waals surface area contributed by atoms with E-state index in [0.29, 0.717) is 43.3 Å². The highest BCUT2D eigenvalue weighted by Gasteiger charge is 2.37. The molecule has 0 spiro atoms. The molecule has 4 rings (SSSR count). The highest BCUT2D eigenvalue weighted by molar-refractivity contribution is 6.10. The van der Waals surface area contributed by atoms with Crippen molar-refractivity contribution in [3.63, 3.8) is 0 Å². The van der Waals surface area contributed by atoms with Crippen LogP contribution in [0.2, 0.25) is 0 Å². The number of nitrogens with zero attached hydrogens (tertiary/aromatic N) is 2. The molecule has 10 nitrogen and oxygen atoms in total. The molecule has 0 radical (unpaired) electrons. The van der Waals surface area contributed by atoms with Crippen molar-refractivity contribution in [2.45, 2.75) is 84.7 Å². The second-order valence-corrected chi connectivity index (χ2v) is 11.7. The molecule has 0 fully saturated rings. The number of allylic oxidation sites excluding steroid dienone is 2. The zero-order valence-corrected chi connectivity index (χ0v) is 25.2. The molecule has 4 aliphatic heterocycles. The van der Waals surface area contributed by atoms with Gasteiger partial charge in [-0.25, -0.2) is 0 Å². The Hall–Kier alpha value is -4.34. The molecule has 2 amide bonds. The smallest absolute Gasteiger partial charge is 0.303 e. The van der Waals surface area contributed by atoms with Crippen molar-refractivity contribution in [1.29, 1.82) is 0 Å². The zero-order chi connectivity index (χ0) is 31.6. The SMILES string of the molecule is C=CC1=C(C)C(CC2=C(C)C(CCC(=O)O)C(CC3=NC(CC4NC(=O)C(C)=C4C=C)=C(C)C3CCC(=O)O)=N2)NC1=O. The number of hydrogen-bond donors (Lipinski definition) is 4. The number of carbonyl (C=O) groups excluding carboxylic acids is 2. The third-order valence-electron chi connectivity index (χ3n) is 9.14. The highest BCUT2D eigenvalue weighted by atomic mass is 16.4. The maximum atomic E-state index is 12.4. The number of aliphatic imine (C=N–C) groups is 2. The van der Waals surface area contributed by atoms with E-state index in [9.17, 15) is 29.4 Å². The van der Waals surface area contributed by atoms with E-state index in [-0.39, 0.29) is 48.6 Å². The molecule has 0 saturated carbocycles. The molecule has 0 saturated heterocycles. The molecule has 0 aromatic rings. The first-order valence-electron chi connectivity index (χ1n) is 14.6. The van der Waals surface area contributed by atoms with Gasteiger partial charge < -0.3 is 20.8 Å². The largest absolute Gasteiger partial charge is 0.481 e. The average molecular weight is 589 g/mol. The number of nitrogens with one attached hydrogen (secondary N) is 2. The fraction of sp³-hybridized carbons (Fsp3) is 0.455. The van der Waals surface area contributed by atoms with Crippen LogP contribution in [0, 0.1) is 11.8 Å². The van der Waals surface area contributed by atoms with E-state index in [1.54, 1.807) is 19.1 Å². The van der Waals surface area contributed by atoms with Gasteiger partial charge in [-0.1, -0.05) is 25.3 Å². The normalized spacial score (nSPS) is 25.4. The van der Waals surface area contributed by atoms with Gasteiger partial charge in [-0.2, -0.15) is 0 Å². The lowest BCUT2D eigenvalue weighted by atomic mass is 9.84. The van der Waals surface area contributed by atoms with Gasteiger partial charge in [-0.3, -0.25) is 29.2 Å². The molecule has 43 heavy (non-hydrogen) atoms. The zero-order valence-electron chi connectivity index (χ0n) is 25.2. The van der Waals surface area contributed by atoms with Crippen LogP contribution in [0.3, 0.4) is 0 Å². The second kappa shape index (κ2) is 12.9. The van der Waals surface area contributed by atoms with Crippen molar-refractivity contribution >= 4 is 35.2 Å². The first-order chi connectivity index (χ1) is 20.4. The van der Waals surface area contributed by atoms with Crippen LogP contribution in [0.15, 0.2) is 80.1 Å². The number of carbonyl (C=O) groups is 4.